The minimum atomic E-state index is 0.0105. The van der Waals surface area contributed by atoms with Gasteiger partial charge in [-0.25, -0.2) is 0 Å². The first kappa shape index (κ1) is 10.5. The Kier molecular flexibility index (Phi) is 2.91. The van der Waals surface area contributed by atoms with Crippen LogP contribution < -0.4 is 0 Å². The Bertz CT molecular complexity index is 262. The standard InChI is InChI=1S/C10H15ClN2/c1-7(2)10(4-5-10)9(13)8(11)3-6-12/h3,6-7,12-13H,4-5H2,1-2H3/b8-3+,12-6?,13-9?. The molecule has 0 heterocycles. The minimum absolute atomic E-state index is 0.0105. The third kappa shape index (κ3) is 1.83. The normalized spacial score (nSPS) is 20.2. The first-order chi connectivity index (χ1) is 6.04. The van der Waals surface area contributed by atoms with Gasteiger partial charge in [0.15, 0.2) is 0 Å². The van der Waals surface area contributed by atoms with Gasteiger partial charge in [0.1, 0.15) is 0 Å². The molecule has 3 heteroatoms. The lowest BCUT2D eigenvalue weighted by molar-refractivity contribution is 0.477. The van der Waals surface area contributed by atoms with Gasteiger partial charge >= 0.3 is 0 Å². The van der Waals surface area contributed by atoms with Crippen LogP contribution in [0.3, 0.4) is 0 Å². The number of rotatable bonds is 4. The van der Waals surface area contributed by atoms with Gasteiger partial charge in [-0.3, -0.25) is 0 Å². The lowest BCUT2D eigenvalue weighted by Crippen LogP contribution is -2.21. The van der Waals surface area contributed by atoms with Crippen molar-refractivity contribution in [3.05, 3.63) is 11.1 Å². The van der Waals surface area contributed by atoms with Gasteiger partial charge in [-0.05, 0) is 24.8 Å². The predicted octanol–water partition coefficient (Wildman–Crippen LogP) is 3.21. The molecule has 1 aliphatic rings. The molecule has 0 unspecified atom stereocenters. The van der Waals surface area contributed by atoms with E-state index >= 15 is 0 Å². The fraction of sp³-hybridized carbons (Fsp3) is 0.600. The zero-order chi connectivity index (χ0) is 10.1. The second kappa shape index (κ2) is 3.62. The van der Waals surface area contributed by atoms with E-state index in [-0.39, 0.29) is 5.41 Å². The Hall–Kier alpha value is -0.630. The summed E-state index contributed by atoms with van der Waals surface area (Å²) >= 11 is 5.89. The first-order valence-corrected chi connectivity index (χ1v) is 4.88. The van der Waals surface area contributed by atoms with Crippen LogP contribution in [0.15, 0.2) is 11.1 Å². The molecule has 0 amide bonds. The zero-order valence-electron chi connectivity index (χ0n) is 8.02. The maximum absolute atomic E-state index is 7.89. The third-order valence-electron chi connectivity index (χ3n) is 2.86. The van der Waals surface area contributed by atoms with E-state index in [0.717, 1.165) is 19.1 Å². The van der Waals surface area contributed by atoms with Gasteiger partial charge in [0.25, 0.3) is 0 Å². The molecule has 0 saturated heterocycles. The van der Waals surface area contributed by atoms with Crippen LogP contribution in [0, 0.1) is 22.2 Å². The van der Waals surface area contributed by atoms with E-state index < -0.39 is 0 Å². The summed E-state index contributed by atoms with van der Waals surface area (Å²) in [7, 11) is 0. The van der Waals surface area contributed by atoms with E-state index in [9.17, 15) is 0 Å². The summed E-state index contributed by atoms with van der Waals surface area (Å²) in [4.78, 5) is 0. The van der Waals surface area contributed by atoms with Crippen molar-refractivity contribution >= 4 is 23.5 Å². The van der Waals surface area contributed by atoms with Gasteiger partial charge in [0, 0.05) is 11.6 Å². The Balaban J connectivity index is 2.79. The highest BCUT2D eigenvalue weighted by atomic mass is 35.5. The molecule has 1 saturated carbocycles. The van der Waals surface area contributed by atoms with Crippen LogP contribution in [0.5, 0.6) is 0 Å². The van der Waals surface area contributed by atoms with Gasteiger partial charge in [0.2, 0.25) is 0 Å². The van der Waals surface area contributed by atoms with E-state index in [2.05, 4.69) is 13.8 Å². The van der Waals surface area contributed by atoms with Crippen LogP contribution in [0.25, 0.3) is 0 Å². The number of hydrogen-bond acceptors (Lipinski definition) is 2. The molecule has 2 nitrogen and oxygen atoms in total. The van der Waals surface area contributed by atoms with Crippen LogP contribution in [-0.4, -0.2) is 11.9 Å². The lowest BCUT2D eigenvalue weighted by Gasteiger charge is -2.19. The van der Waals surface area contributed by atoms with E-state index in [4.69, 9.17) is 22.4 Å². The Morgan fingerprint density at radius 3 is 2.31 bits per heavy atom. The quantitative estimate of drug-likeness (QED) is 0.652. The summed E-state index contributed by atoms with van der Waals surface area (Å²) in [5.74, 6) is 0.466. The van der Waals surface area contributed by atoms with Crippen molar-refractivity contribution < 1.29 is 0 Å². The number of halogens is 1. The highest BCUT2D eigenvalue weighted by Gasteiger charge is 2.49. The monoisotopic (exact) mass is 198 g/mol. The van der Waals surface area contributed by atoms with Crippen LogP contribution in [-0.2, 0) is 0 Å². The highest BCUT2D eigenvalue weighted by molar-refractivity contribution is 6.44. The maximum atomic E-state index is 7.89. The SMILES string of the molecule is CC(C)C1(C(=N)/C(Cl)=C\C=N)CC1. The first-order valence-electron chi connectivity index (χ1n) is 4.50. The average Bonchev–Trinajstić information content (AvgIpc) is 2.83. The second-order valence-corrected chi connectivity index (χ2v) is 4.27. The smallest absolute Gasteiger partial charge is 0.0634 e. The van der Waals surface area contributed by atoms with E-state index in [1.54, 1.807) is 0 Å². The Morgan fingerprint density at radius 1 is 1.46 bits per heavy atom. The molecule has 0 aliphatic heterocycles. The maximum Gasteiger partial charge on any atom is 0.0634 e. The van der Waals surface area contributed by atoms with Crippen molar-refractivity contribution in [2.75, 3.05) is 0 Å². The molecule has 1 aliphatic carbocycles. The molecular formula is C10H15ClN2. The third-order valence-corrected chi connectivity index (χ3v) is 3.18. The zero-order valence-corrected chi connectivity index (χ0v) is 8.78. The fourth-order valence-corrected chi connectivity index (χ4v) is 1.90. The van der Waals surface area contributed by atoms with E-state index in [0.29, 0.717) is 16.7 Å². The molecule has 0 aromatic rings. The molecular weight excluding hydrogens is 184 g/mol. The molecule has 1 rings (SSSR count). The Morgan fingerprint density at radius 2 is 2.00 bits per heavy atom. The molecule has 0 bridgehead atoms. The van der Waals surface area contributed by atoms with Gasteiger partial charge in [0.05, 0.1) is 10.7 Å². The van der Waals surface area contributed by atoms with Crippen molar-refractivity contribution in [3.8, 4) is 0 Å². The van der Waals surface area contributed by atoms with Gasteiger partial charge in [-0.1, -0.05) is 25.4 Å². The second-order valence-electron chi connectivity index (χ2n) is 3.87. The summed E-state index contributed by atoms with van der Waals surface area (Å²) in [5.41, 5.74) is 0.518. The van der Waals surface area contributed by atoms with Crippen molar-refractivity contribution in [2.24, 2.45) is 11.3 Å². The minimum Gasteiger partial charge on any atom is -0.309 e. The molecule has 0 atom stereocenters. The summed E-state index contributed by atoms with van der Waals surface area (Å²) in [6, 6.07) is 0. The predicted molar refractivity (Wildman–Crippen MR) is 57.0 cm³/mol. The van der Waals surface area contributed by atoms with Gasteiger partial charge in [-0.2, -0.15) is 0 Å². The molecule has 1 fully saturated rings. The molecule has 0 aromatic heterocycles. The molecule has 13 heavy (non-hydrogen) atoms. The molecule has 0 radical (unpaired) electrons. The van der Waals surface area contributed by atoms with Crippen molar-refractivity contribution in [1.29, 1.82) is 10.8 Å². The van der Waals surface area contributed by atoms with Crippen molar-refractivity contribution in [1.82, 2.24) is 0 Å². The van der Waals surface area contributed by atoms with Gasteiger partial charge < -0.3 is 10.8 Å². The molecule has 0 aromatic carbocycles. The number of allylic oxidation sites excluding steroid dienone is 2. The van der Waals surface area contributed by atoms with Crippen molar-refractivity contribution in [3.63, 3.8) is 0 Å². The summed E-state index contributed by atoms with van der Waals surface area (Å²) in [5, 5.41) is 15.2. The van der Waals surface area contributed by atoms with Crippen LogP contribution in [0.4, 0.5) is 0 Å². The van der Waals surface area contributed by atoms with E-state index in [1.165, 1.54) is 6.08 Å². The topological polar surface area (TPSA) is 47.7 Å². The summed E-state index contributed by atoms with van der Waals surface area (Å²) < 4.78 is 0. The fourth-order valence-electron chi connectivity index (χ4n) is 1.65. The van der Waals surface area contributed by atoms with Crippen LogP contribution in [0.2, 0.25) is 0 Å². The molecule has 0 spiro atoms. The summed E-state index contributed by atoms with van der Waals surface area (Å²) in [6.45, 7) is 4.24. The number of hydrogen-bond donors (Lipinski definition) is 2. The Labute approximate surface area is 84.0 Å². The van der Waals surface area contributed by atoms with Crippen LogP contribution >= 0.6 is 11.6 Å². The lowest BCUT2D eigenvalue weighted by atomic mass is 9.87. The average molecular weight is 199 g/mol. The molecule has 72 valence electrons. The van der Waals surface area contributed by atoms with E-state index in [1.807, 2.05) is 0 Å². The largest absolute Gasteiger partial charge is 0.309 e. The number of nitrogens with one attached hydrogen (secondary N) is 2. The molecule has 2 N–H and O–H groups in total. The van der Waals surface area contributed by atoms with Crippen molar-refractivity contribution in [2.45, 2.75) is 26.7 Å². The van der Waals surface area contributed by atoms with Crippen LogP contribution in [0.1, 0.15) is 26.7 Å². The van der Waals surface area contributed by atoms with Gasteiger partial charge in [-0.15, -0.1) is 0 Å². The summed E-state index contributed by atoms with van der Waals surface area (Å²) in [6.07, 6.45) is 4.73. The highest BCUT2D eigenvalue weighted by Crippen LogP contribution is 2.54.